The Bertz CT molecular complexity index is 247. The Kier molecular flexibility index (Phi) is 2.32. The summed E-state index contributed by atoms with van der Waals surface area (Å²) in [7, 11) is 0. The highest BCUT2D eigenvalue weighted by Gasteiger charge is 1.97. The van der Waals surface area contributed by atoms with Crippen LogP contribution in [0.15, 0.2) is 47.3 Å². The van der Waals surface area contributed by atoms with Gasteiger partial charge < -0.3 is 5.11 Å². The van der Waals surface area contributed by atoms with Crippen molar-refractivity contribution in [3.8, 4) is 0 Å². The summed E-state index contributed by atoms with van der Waals surface area (Å²) >= 11 is 0. The standard InChI is InChI=1S/C10H12O/c1-8(2)7-10(11)9-5-3-4-6-9/h3-7,11H,1-2H3. The van der Waals surface area contributed by atoms with Gasteiger partial charge in [0.15, 0.2) is 0 Å². The SMILES string of the molecule is CC(C)=CC(O)=C1C=CC=C1. The summed E-state index contributed by atoms with van der Waals surface area (Å²) in [6, 6.07) is 0. The van der Waals surface area contributed by atoms with Crippen molar-refractivity contribution >= 4 is 0 Å². The lowest BCUT2D eigenvalue weighted by molar-refractivity contribution is 0.428. The maximum Gasteiger partial charge on any atom is 0.122 e. The van der Waals surface area contributed by atoms with Crippen LogP contribution >= 0.6 is 0 Å². The smallest absolute Gasteiger partial charge is 0.122 e. The molecule has 0 fully saturated rings. The topological polar surface area (TPSA) is 20.2 Å². The van der Waals surface area contributed by atoms with Gasteiger partial charge in [0.1, 0.15) is 5.76 Å². The van der Waals surface area contributed by atoms with Gasteiger partial charge in [-0.3, -0.25) is 0 Å². The maximum absolute atomic E-state index is 9.42. The average molecular weight is 148 g/mol. The van der Waals surface area contributed by atoms with Crippen LogP contribution in [0, 0.1) is 0 Å². The number of aliphatic hydroxyl groups excluding tert-OH is 1. The lowest BCUT2D eigenvalue weighted by atomic mass is 10.2. The average Bonchev–Trinajstić information content (AvgIpc) is 2.35. The van der Waals surface area contributed by atoms with Crippen LogP contribution in [-0.4, -0.2) is 5.11 Å². The molecule has 0 bridgehead atoms. The van der Waals surface area contributed by atoms with E-state index in [4.69, 9.17) is 0 Å². The van der Waals surface area contributed by atoms with E-state index in [-0.39, 0.29) is 0 Å². The highest BCUT2D eigenvalue weighted by molar-refractivity contribution is 5.44. The number of hydrogen-bond donors (Lipinski definition) is 1. The molecule has 0 aromatic carbocycles. The van der Waals surface area contributed by atoms with Crippen molar-refractivity contribution in [1.82, 2.24) is 0 Å². The number of hydrogen-bond acceptors (Lipinski definition) is 1. The first-order chi connectivity index (χ1) is 5.20. The van der Waals surface area contributed by atoms with Gasteiger partial charge in [0.05, 0.1) is 0 Å². The molecule has 0 atom stereocenters. The number of aliphatic hydroxyl groups is 1. The van der Waals surface area contributed by atoms with Crippen LogP contribution < -0.4 is 0 Å². The highest BCUT2D eigenvalue weighted by atomic mass is 16.3. The summed E-state index contributed by atoms with van der Waals surface area (Å²) in [5, 5.41) is 9.42. The van der Waals surface area contributed by atoms with E-state index in [2.05, 4.69) is 0 Å². The second-order valence-electron chi connectivity index (χ2n) is 2.78. The lowest BCUT2D eigenvalue weighted by Gasteiger charge is -1.95. The zero-order valence-corrected chi connectivity index (χ0v) is 6.83. The molecule has 0 aromatic heterocycles. The van der Waals surface area contributed by atoms with Crippen LogP contribution in [0.2, 0.25) is 0 Å². The van der Waals surface area contributed by atoms with Gasteiger partial charge in [-0.1, -0.05) is 29.9 Å². The predicted octanol–water partition coefficient (Wildman–Crippen LogP) is 2.89. The molecular formula is C10H12O. The zero-order chi connectivity index (χ0) is 8.27. The molecule has 0 amide bonds. The van der Waals surface area contributed by atoms with Crippen molar-refractivity contribution in [2.45, 2.75) is 13.8 Å². The van der Waals surface area contributed by atoms with Crippen molar-refractivity contribution in [2.75, 3.05) is 0 Å². The molecule has 1 N–H and O–H groups in total. The Morgan fingerprint density at radius 2 is 1.82 bits per heavy atom. The molecule has 1 aliphatic carbocycles. The second kappa shape index (κ2) is 3.24. The van der Waals surface area contributed by atoms with E-state index < -0.39 is 0 Å². The molecule has 0 saturated carbocycles. The van der Waals surface area contributed by atoms with Gasteiger partial charge in [-0.25, -0.2) is 0 Å². The first-order valence-electron chi connectivity index (χ1n) is 3.63. The summed E-state index contributed by atoms with van der Waals surface area (Å²) < 4.78 is 0. The Morgan fingerprint density at radius 3 is 2.27 bits per heavy atom. The van der Waals surface area contributed by atoms with Crippen molar-refractivity contribution in [3.05, 3.63) is 47.3 Å². The van der Waals surface area contributed by atoms with Gasteiger partial charge in [-0.15, -0.1) is 0 Å². The monoisotopic (exact) mass is 148 g/mol. The van der Waals surface area contributed by atoms with Gasteiger partial charge in [0, 0.05) is 5.57 Å². The molecule has 0 spiro atoms. The maximum atomic E-state index is 9.42. The van der Waals surface area contributed by atoms with Gasteiger partial charge in [0.25, 0.3) is 0 Å². The fourth-order valence-electron chi connectivity index (χ4n) is 0.902. The van der Waals surface area contributed by atoms with Crippen LogP contribution in [-0.2, 0) is 0 Å². The summed E-state index contributed by atoms with van der Waals surface area (Å²) in [4.78, 5) is 0. The molecule has 58 valence electrons. The third-order valence-electron chi connectivity index (χ3n) is 1.38. The van der Waals surface area contributed by atoms with Crippen LogP contribution in [0.1, 0.15) is 13.8 Å². The molecule has 0 radical (unpaired) electrons. The van der Waals surface area contributed by atoms with E-state index in [1.54, 1.807) is 6.08 Å². The van der Waals surface area contributed by atoms with Gasteiger partial charge in [-0.05, 0) is 19.9 Å². The lowest BCUT2D eigenvalue weighted by Crippen LogP contribution is -1.80. The van der Waals surface area contributed by atoms with E-state index in [0.29, 0.717) is 5.76 Å². The second-order valence-corrected chi connectivity index (χ2v) is 2.78. The Labute approximate surface area is 67.1 Å². The minimum Gasteiger partial charge on any atom is -0.507 e. The van der Waals surface area contributed by atoms with E-state index in [1.165, 1.54) is 0 Å². The minimum atomic E-state index is 0.343. The van der Waals surface area contributed by atoms with Crippen molar-refractivity contribution in [2.24, 2.45) is 0 Å². The van der Waals surface area contributed by atoms with Crippen LogP contribution in [0.3, 0.4) is 0 Å². The molecule has 1 aliphatic rings. The Balaban J connectivity index is 2.89. The third kappa shape index (κ3) is 2.11. The zero-order valence-electron chi connectivity index (χ0n) is 6.83. The van der Waals surface area contributed by atoms with E-state index >= 15 is 0 Å². The molecule has 11 heavy (non-hydrogen) atoms. The molecular weight excluding hydrogens is 136 g/mol. The minimum absolute atomic E-state index is 0.343. The molecule has 0 heterocycles. The quantitative estimate of drug-likeness (QED) is 0.567. The first-order valence-corrected chi connectivity index (χ1v) is 3.63. The van der Waals surface area contributed by atoms with E-state index in [0.717, 1.165) is 11.1 Å². The van der Waals surface area contributed by atoms with Gasteiger partial charge >= 0.3 is 0 Å². The van der Waals surface area contributed by atoms with Gasteiger partial charge in [0.2, 0.25) is 0 Å². The fraction of sp³-hybridized carbons (Fsp3) is 0.200. The summed E-state index contributed by atoms with van der Waals surface area (Å²) in [5.74, 6) is 0.343. The van der Waals surface area contributed by atoms with Gasteiger partial charge in [-0.2, -0.15) is 0 Å². The summed E-state index contributed by atoms with van der Waals surface area (Å²) in [5.41, 5.74) is 1.98. The van der Waals surface area contributed by atoms with Crippen molar-refractivity contribution in [3.63, 3.8) is 0 Å². The van der Waals surface area contributed by atoms with Crippen LogP contribution in [0.4, 0.5) is 0 Å². The molecule has 1 heteroatoms. The van der Waals surface area contributed by atoms with Crippen molar-refractivity contribution in [1.29, 1.82) is 0 Å². The van der Waals surface area contributed by atoms with Crippen LogP contribution in [0.5, 0.6) is 0 Å². The predicted molar refractivity (Wildman–Crippen MR) is 47.4 cm³/mol. The molecule has 1 rings (SSSR count). The largest absolute Gasteiger partial charge is 0.507 e. The molecule has 0 aliphatic heterocycles. The van der Waals surface area contributed by atoms with E-state index in [9.17, 15) is 5.11 Å². The van der Waals surface area contributed by atoms with Crippen LogP contribution in [0.25, 0.3) is 0 Å². The van der Waals surface area contributed by atoms with Crippen molar-refractivity contribution < 1.29 is 5.11 Å². The molecule has 0 aromatic rings. The number of rotatable bonds is 1. The molecule has 0 saturated heterocycles. The Morgan fingerprint density at radius 1 is 1.27 bits per heavy atom. The third-order valence-corrected chi connectivity index (χ3v) is 1.38. The summed E-state index contributed by atoms with van der Waals surface area (Å²) in [6.45, 7) is 3.92. The Hall–Kier alpha value is -1.24. The first kappa shape index (κ1) is 7.86. The molecule has 0 unspecified atom stereocenters. The summed E-state index contributed by atoms with van der Waals surface area (Å²) in [6.07, 6.45) is 9.34. The molecule has 1 nitrogen and oxygen atoms in total. The fourth-order valence-corrected chi connectivity index (χ4v) is 0.902. The number of allylic oxidation sites excluding steroid dienone is 7. The highest BCUT2D eigenvalue weighted by Crippen LogP contribution is 2.13. The van der Waals surface area contributed by atoms with E-state index in [1.807, 2.05) is 38.2 Å². The normalized spacial score (nSPS) is 13.8.